The molecule has 48 heavy (non-hydrogen) atoms. The predicted octanol–water partition coefficient (Wildman–Crippen LogP) is 13.1. The Kier molecular flexibility index (Phi) is 37.8. The Morgan fingerprint density at radius 2 is 0.812 bits per heavy atom. The van der Waals surface area contributed by atoms with Gasteiger partial charge in [-0.25, -0.2) is 0 Å². The van der Waals surface area contributed by atoms with Crippen LogP contribution < -0.4 is 5.32 Å². The summed E-state index contributed by atoms with van der Waals surface area (Å²) in [5.41, 5.74) is 0. The third-order valence-corrected chi connectivity index (χ3v) is 10.1. The fourth-order valence-corrected chi connectivity index (χ4v) is 6.83. The molecule has 286 valence electrons. The minimum Gasteiger partial charge on any atom is -0.462 e. The van der Waals surface area contributed by atoms with Crippen molar-refractivity contribution >= 4 is 11.9 Å². The first-order valence-electron chi connectivity index (χ1n) is 21.7. The van der Waals surface area contributed by atoms with E-state index in [0.717, 1.165) is 44.9 Å². The van der Waals surface area contributed by atoms with Gasteiger partial charge in [0.15, 0.2) is 0 Å². The minimum atomic E-state index is -0.358. The molecule has 0 aromatic carbocycles. The maximum absolute atomic E-state index is 12.8. The second kappa shape index (κ2) is 38.7. The lowest BCUT2D eigenvalue weighted by Gasteiger charge is -2.24. The summed E-state index contributed by atoms with van der Waals surface area (Å²) in [5.74, 6) is -0.103. The smallest absolute Gasteiger partial charge is 0.306 e. The Morgan fingerprint density at radius 1 is 0.479 bits per heavy atom. The van der Waals surface area contributed by atoms with Gasteiger partial charge in [-0.05, 0) is 25.7 Å². The highest BCUT2D eigenvalue weighted by atomic mass is 16.5. The van der Waals surface area contributed by atoms with Crippen LogP contribution >= 0.6 is 0 Å². The van der Waals surface area contributed by atoms with E-state index in [1.807, 2.05) is 0 Å². The van der Waals surface area contributed by atoms with E-state index >= 15 is 0 Å². The van der Waals surface area contributed by atoms with Crippen molar-refractivity contribution in [1.29, 1.82) is 0 Å². The van der Waals surface area contributed by atoms with Crippen LogP contribution in [-0.4, -0.2) is 35.7 Å². The van der Waals surface area contributed by atoms with Gasteiger partial charge in [-0.3, -0.25) is 9.59 Å². The third-order valence-electron chi connectivity index (χ3n) is 10.1. The van der Waals surface area contributed by atoms with Crippen LogP contribution in [0.1, 0.15) is 245 Å². The first-order valence-corrected chi connectivity index (χ1v) is 21.7. The van der Waals surface area contributed by atoms with Crippen LogP contribution in [-0.2, 0) is 14.3 Å². The van der Waals surface area contributed by atoms with Crippen molar-refractivity contribution in [3.8, 4) is 0 Å². The number of ether oxygens (including phenoxy) is 1. The van der Waals surface area contributed by atoms with E-state index in [4.69, 9.17) is 4.74 Å². The van der Waals surface area contributed by atoms with Crippen molar-refractivity contribution in [1.82, 2.24) is 5.32 Å². The number of esters is 1. The fraction of sp³-hybridized carbons (Fsp3) is 0.953. The molecule has 1 amide bonds. The van der Waals surface area contributed by atoms with Gasteiger partial charge in [-0.15, -0.1) is 0 Å². The molecule has 0 aromatic rings. The quantitative estimate of drug-likeness (QED) is 0.0501. The zero-order valence-corrected chi connectivity index (χ0v) is 32.8. The highest BCUT2D eigenvalue weighted by Crippen LogP contribution is 2.18. The second-order valence-corrected chi connectivity index (χ2v) is 15.0. The van der Waals surface area contributed by atoms with Crippen LogP contribution in [0.4, 0.5) is 0 Å². The van der Waals surface area contributed by atoms with Gasteiger partial charge in [0.25, 0.3) is 0 Å². The minimum absolute atomic E-state index is 0.0126. The SMILES string of the molecule is CCCCCCCCCCCCCCC(=O)OC(CCCCCCCCCC)C[C@H](CO)NC(=O)CCCCCCCCCCCCC. The van der Waals surface area contributed by atoms with E-state index in [2.05, 4.69) is 26.1 Å². The Balaban J connectivity index is 4.38. The molecule has 0 aliphatic carbocycles. The van der Waals surface area contributed by atoms with Crippen LogP contribution in [0.3, 0.4) is 0 Å². The standard InChI is InChI=1S/C43H85NO4/c1-4-7-10-13-16-19-21-23-25-28-31-34-37-43(47)48-41(35-32-29-26-18-15-12-9-6-3)38-40(39-45)44-42(46)36-33-30-27-24-22-20-17-14-11-8-5-2/h40-41,45H,4-39H2,1-3H3,(H,44,46)/t40-,41?/m1/s1. The Hall–Kier alpha value is -1.10. The molecule has 0 rings (SSSR count). The van der Waals surface area contributed by atoms with Gasteiger partial charge >= 0.3 is 5.97 Å². The van der Waals surface area contributed by atoms with E-state index in [9.17, 15) is 14.7 Å². The molecular weight excluding hydrogens is 594 g/mol. The molecule has 0 saturated carbocycles. The van der Waals surface area contributed by atoms with E-state index < -0.39 is 0 Å². The topological polar surface area (TPSA) is 75.6 Å². The Morgan fingerprint density at radius 3 is 1.19 bits per heavy atom. The first kappa shape index (κ1) is 46.9. The largest absolute Gasteiger partial charge is 0.462 e. The van der Waals surface area contributed by atoms with Crippen molar-refractivity contribution in [3.63, 3.8) is 0 Å². The first-order chi connectivity index (χ1) is 23.6. The molecule has 0 heterocycles. The molecule has 0 aliphatic rings. The molecule has 0 fully saturated rings. The summed E-state index contributed by atoms with van der Waals surface area (Å²) in [4.78, 5) is 25.5. The van der Waals surface area contributed by atoms with Gasteiger partial charge in [-0.1, -0.05) is 201 Å². The molecule has 1 unspecified atom stereocenters. The molecular formula is C43H85NO4. The second-order valence-electron chi connectivity index (χ2n) is 15.0. The van der Waals surface area contributed by atoms with Crippen LogP contribution in [0.5, 0.6) is 0 Å². The van der Waals surface area contributed by atoms with Crippen molar-refractivity contribution < 1.29 is 19.4 Å². The summed E-state index contributed by atoms with van der Waals surface area (Å²) < 4.78 is 6.00. The molecule has 0 radical (unpaired) electrons. The number of aliphatic hydroxyl groups excluding tert-OH is 1. The molecule has 5 nitrogen and oxygen atoms in total. The summed E-state index contributed by atoms with van der Waals surface area (Å²) in [6, 6.07) is -0.358. The van der Waals surface area contributed by atoms with Crippen LogP contribution in [0.25, 0.3) is 0 Å². The lowest BCUT2D eigenvalue weighted by molar-refractivity contribution is -0.150. The van der Waals surface area contributed by atoms with Crippen molar-refractivity contribution in [2.45, 2.75) is 258 Å². The zero-order valence-electron chi connectivity index (χ0n) is 32.8. The van der Waals surface area contributed by atoms with Gasteiger partial charge < -0.3 is 15.2 Å². The van der Waals surface area contributed by atoms with Gasteiger partial charge in [0.1, 0.15) is 6.10 Å². The van der Waals surface area contributed by atoms with E-state index in [-0.39, 0.29) is 30.6 Å². The van der Waals surface area contributed by atoms with E-state index in [1.54, 1.807) is 0 Å². The predicted molar refractivity (Wildman–Crippen MR) is 208 cm³/mol. The summed E-state index contributed by atoms with van der Waals surface area (Å²) >= 11 is 0. The number of aliphatic hydroxyl groups is 1. The van der Waals surface area contributed by atoms with Crippen molar-refractivity contribution in [2.75, 3.05) is 6.61 Å². The van der Waals surface area contributed by atoms with Crippen molar-refractivity contribution in [3.05, 3.63) is 0 Å². The zero-order chi connectivity index (χ0) is 35.2. The molecule has 2 atom stereocenters. The fourth-order valence-electron chi connectivity index (χ4n) is 6.83. The van der Waals surface area contributed by atoms with Gasteiger partial charge in [-0.2, -0.15) is 0 Å². The number of hydrogen-bond donors (Lipinski definition) is 2. The molecule has 0 aliphatic heterocycles. The van der Waals surface area contributed by atoms with Crippen LogP contribution in [0, 0.1) is 0 Å². The normalized spacial score (nSPS) is 12.7. The maximum atomic E-state index is 12.8. The number of rotatable bonds is 39. The average molecular weight is 680 g/mol. The van der Waals surface area contributed by atoms with Gasteiger partial charge in [0.2, 0.25) is 5.91 Å². The number of carbonyl (C=O) groups is 2. The lowest BCUT2D eigenvalue weighted by Crippen LogP contribution is -2.40. The highest BCUT2D eigenvalue weighted by Gasteiger charge is 2.21. The number of nitrogens with one attached hydrogen (secondary N) is 1. The van der Waals surface area contributed by atoms with Crippen molar-refractivity contribution in [2.24, 2.45) is 0 Å². The third kappa shape index (κ3) is 34.8. The maximum Gasteiger partial charge on any atom is 0.306 e. The summed E-state index contributed by atoms with van der Waals surface area (Å²) in [6.07, 6.45) is 41.1. The van der Waals surface area contributed by atoms with Crippen LogP contribution in [0.2, 0.25) is 0 Å². The average Bonchev–Trinajstić information content (AvgIpc) is 3.08. The Bertz CT molecular complexity index is 669. The number of carbonyl (C=O) groups excluding carboxylic acids is 2. The van der Waals surface area contributed by atoms with E-state index in [1.165, 1.54) is 161 Å². The number of hydrogen-bond acceptors (Lipinski definition) is 4. The molecule has 2 N–H and O–H groups in total. The Labute approximate surface area is 300 Å². The summed E-state index contributed by atoms with van der Waals surface area (Å²) in [5, 5.41) is 13.2. The summed E-state index contributed by atoms with van der Waals surface area (Å²) in [6.45, 7) is 6.66. The van der Waals surface area contributed by atoms with Gasteiger partial charge in [0, 0.05) is 19.3 Å². The van der Waals surface area contributed by atoms with E-state index in [0.29, 0.717) is 19.3 Å². The monoisotopic (exact) mass is 680 g/mol. The van der Waals surface area contributed by atoms with Gasteiger partial charge in [0.05, 0.1) is 12.6 Å². The molecule has 0 bridgehead atoms. The molecule has 0 spiro atoms. The molecule has 0 saturated heterocycles. The molecule has 0 aromatic heterocycles. The van der Waals surface area contributed by atoms with Crippen LogP contribution in [0.15, 0.2) is 0 Å². The molecule has 5 heteroatoms. The number of unbranched alkanes of at least 4 members (excludes halogenated alkanes) is 28. The number of amides is 1. The summed E-state index contributed by atoms with van der Waals surface area (Å²) in [7, 11) is 0. The lowest BCUT2D eigenvalue weighted by atomic mass is 10.0. The highest BCUT2D eigenvalue weighted by molar-refractivity contribution is 5.76.